The minimum Gasteiger partial charge on any atom is -0.346 e. The predicted octanol–water partition coefficient (Wildman–Crippen LogP) is 3.83. The molecule has 0 aliphatic carbocycles. The van der Waals surface area contributed by atoms with E-state index in [1.54, 1.807) is 0 Å². The van der Waals surface area contributed by atoms with Gasteiger partial charge in [-0.25, -0.2) is 4.98 Å². The number of aryl methyl sites for hydroxylation is 1. The third-order valence-electron chi connectivity index (χ3n) is 3.12. The first-order valence-corrected chi connectivity index (χ1v) is 8.41. The summed E-state index contributed by atoms with van der Waals surface area (Å²) in [7, 11) is 0. The van der Waals surface area contributed by atoms with E-state index in [9.17, 15) is 0 Å². The molecule has 0 aliphatic heterocycles. The second-order valence-electron chi connectivity index (χ2n) is 5.18. The van der Waals surface area contributed by atoms with Gasteiger partial charge in [-0.15, -0.1) is 11.3 Å². The summed E-state index contributed by atoms with van der Waals surface area (Å²) in [5.41, 5.74) is 1.30. The van der Waals surface area contributed by atoms with Gasteiger partial charge in [-0.2, -0.15) is 0 Å². The van der Waals surface area contributed by atoms with Crippen molar-refractivity contribution in [1.82, 2.24) is 10.3 Å². The third kappa shape index (κ3) is 4.77. The Morgan fingerprint density at radius 3 is 2.47 bits per heavy atom. The molecule has 3 nitrogen and oxygen atoms in total. The highest BCUT2D eigenvalue weighted by Gasteiger charge is 2.17. The largest absolute Gasteiger partial charge is 0.346 e. The predicted molar refractivity (Wildman–Crippen MR) is 86.3 cm³/mol. The van der Waals surface area contributed by atoms with Gasteiger partial charge in [0, 0.05) is 24.0 Å². The highest BCUT2D eigenvalue weighted by atomic mass is 32.1. The molecule has 0 atom stereocenters. The summed E-state index contributed by atoms with van der Waals surface area (Å²) in [6, 6.07) is 0.521. The average Bonchev–Trinajstić information content (AvgIpc) is 2.76. The summed E-state index contributed by atoms with van der Waals surface area (Å²) in [5, 5.41) is 4.63. The molecule has 4 heteroatoms. The van der Waals surface area contributed by atoms with Gasteiger partial charge >= 0.3 is 0 Å². The Kier molecular flexibility index (Phi) is 7.39. The van der Waals surface area contributed by atoms with Crippen molar-refractivity contribution < 1.29 is 0 Å². The van der Waals surface area contributed by atoms with Crippen molar-refractivity contribution in [2.75, 3.05) is 18.0 Å². The molecular formula is C15H29N3S. The van der Waals surface area contributed by atoms with Gasteiger partial charge in [-0.1, -0.05) is 27.2 Å². The van der Waals surface area contributed by atoms with Gasteiger partial charge in [0.15, 0.2) is 5.13 Å². The number of rotatable bonds is 9. The van der Waals surface area contributed by atoms with Crippen LogP contribution in [0.1, 0.15) is 58.0 Å². The lowest BCUT2D eigenvalue weighted by atomic mass is 10.2. The number of thiazole rings is 1. The van der Waals surface area contributed by atoms with Crippen LogP contribution in [0.4, 0.5) is 5.13 Å². The van der Waals surface area contributed by atoms with E-state index in [0.29, 0.717) is 6.04 Å². The average molecular weight is 283 g/mol. The topological polar surface area (TPSA) is 28.2 Å². The maximum Gasteiger partial charge on any atom is 0.186 e. The molecule has 1 aromatic rings. The molecule has 0 aliphatic rings. The number of anilines is 1. The lowest BCUT2D eigenvalue weighted by Gasteiger charge is -2.25. The van der Waals surface area contributed by atoms with E-state index in [1.807, 2.05) is 11.3 Å². The van der Waals surface area contributed by atoms with Crippen molar-refractivity contribution in [3.63, 3.8) is 0 Å². The van der Waals surface area contributed by atoms with Gasteiger partial charge in [0.1, 0.15) is 0 Å². The molecule has 0 fully saturated rings. The van der Waals surface area contributed by atoms with Crippen molar-refractivity contribution >= 4 is 16.5 Å². The molecular weight excluding hydrogens is 254 g/mol. The van der Waals surface area contributed by atoms with Crippen molar-refractivity contribution in [2.24, 2.45) is 0 Å². The van der Waals surface area contributed by atoms with E-state index in [1.165, 1.54) is 22.1 Å². The van der Waals surface area contributed by atoms with Gasteiger partial charge in [0.05, 0.1) is 5.69 Å². The quantitative estimate of drug-likeness (QED) is 0.746. The molecule has 1 N–H and O–H groups in total. The first kappa shape index (κ1) is 16.4. The van der Waals surface area contributed by atoms with Crippen molar-refractivity contribution in [3.05, 3.63) is 10.6 Å². The second-order valence-corrected chi connectivity index (χ2v) is 6.25. The van der Waals surface area contributed by atoms with Gasteiger partial charge in [-0.3, -0.25) is 0 Å². The summed E-state index contributed by atoms with van der Waals surface area (Å²) >= 11 is 1.87. The third-order valence-corrected chi connectivity index (χ3v) is 4.26. The molecule has 0 bridgehead atoms. The van der Waals surface area contributed by atoms with Crippen molar-refractivity contribution in [3.8, 4) is 0 Å². The lowest BCUT2D eigenvalue weighted by Crippen LogP contribution is -2.31. The molecule has 0 unspecified atom stereocenters. The highest BCUT2D eigenvalue weighted by molar-refractivity contribution is 7.15. The molecule has 1 aromatic heterocycles. The molecule has 0 saturated heterocycles. The molecule has 19 heavy (non-hydrogen) atoms. The molecule has 0 amide bonds. The van der Waals surface area contributed by atoms with Crippen LogP contribution in [0.3, 0.4) is 0 Å². The molecule has 0 radical (unpaired) electrons. The van der Waals surface area contributed by atoms with Crippen LogP contribution in [0.25, 0.3) is 0 Å². The summed E-state index contributed by atoms with van der Waals surface area (Å²) in [4.78, 5) is 8.74. The number of nitrogens with zero attached hydrogens (tertiary/aromatic N) is 2. The minimum absolute atomic E-state index is 0.521. The van der Waals surface area contributed by atoms with Gasteiger partial charge < -0.3 is 10.2 Å². The Morgan fingerprint density at radius 2 is 1.95 bits per heavy atom. The van der Waals surface area contributed by atoms with E-state index in [2.05, 4.69) is 44.8 Å². The van der Waals surface area contributed by atoms with E-state index < -0.39 is 0 Å². The van der Waals surface area contributed by atoms with Crippen LogP contribution in [0.2, 0.25) is 0 Å². The molecule has 1 heterocycles. The number of nitrogens with one attached hydrogen (secondary N) is 1. The fourth-order valence-electron chi connectivity index (χ4n) is 2.12. The zero-order chi connectivity index (χ0) is 14.3. The maximum absolute atomic E-state index is 4.90. The van der Waals surface area contributed by atoms with Crippen LogP contribution in [-0.4, -0.2) is 24.1 Å². The summed E-state index contributed by atoms with van der Waals surface area (Å²) in [5.74, 6) is 0. The van der Waals surface area contributed by atoms with E-state index in [0.717, 1.165) is 32.5 Å². The monoisotopic (exact) mass is 283 g/mol. The van der Waals surface area contributed by atoms with Crippen LogP contribution in [0.15, 0.2) is 0 Å². The Morgan fingerprint density at radius 1 is 1.21 bits per heavy atom. The molecule has 110 valence electrons. The Bertz CT molecular complexity index is 360. The van der Waals surface area contributed by atoms with E-state index >= 15 is 0 Å². The zero-order valence-corrected chi connectivity index (χ0v) is 13.9. The second kappa shape index (κ2) is 8.54. The molecule has 0 aromatic carbocycles. The first-order valence-electron chi connectivity index (χ1n) is 7.59. The van der Waals surface area contributed by atoms with Crippen molar-refractivity contribution in [2.45, 2.75) is 66.5 Å². The Labute approximate surface area is 122 Å². The standard InChI is InChI=1S/C15H29N3S/c1-6-9-13-14(11-16-8-3)19-15(17-13)18(10-7-2)12(4)5/h12,16H,6-11H2,1-5H3. The normalized spacial score (nSPS) is 11.3. The maximum atomic E-state index is 4.90. The van der Waals surface area contributed by atoms with Crippen LogP contribution in [0.5, 0.6) is 0 Å². The molecule has 1 rings (SSSR count). The van der Waals surface area contributed by atoms with Crippen LogP contribution in [0, 0.1) is 0 Å². The minimum atomic E-state index is 0.521. The zero-order valence-electron chi connectivity index (χ0n) is 13.1. The fourth-order valence-corrected chi connectivity index (χ4v) is 3.35. The summed E-state index contributed by atoms with van der Waals surface area (Å²) < 4.78 is 0. The number of hydrogen-bond donors (Lipinski definition) is 1. The van der Waals surface area contributed by atoms with Gasteiger partial charge in [0.2, 0.25) is 0 Å². The van der Waals surface area contributed by atoms with Gasteiger partial charge in [0.25, 0.3) is 0 Å². The van der Waals surface area contributed by atoms with E-state index in [-0.39, 0.29) is 0 Å². The van der Waals surface area contributed by atoms with Crippen LogP contribution in [-0.2, 0) is 13.0 Å². The molecule has 0 saturated carbocycles. The lowest BCUT2D eigenvalue weighted by molar-refractivity contribution is 0.667. The highest BCUT2D eigenvalue weighted by Crippen LogP contribution is 2.28. The number of aromatic nitrogens is 1. The summed E-state index contributed by atoms with van der Waals surface area (Å²) in [6.45, 7) is 14.2. The SMILES string of the molecule is CCCc1nc(N(CCC)C(C)C)sc1CNCC. The first-order chi connectivity index (χ1) is 9.13. The summed E-state index contributed by atoms with van der Waals surface area (Å²) in [6.07, 6.45) is 3.43. The molecule has 0 spiro atoms. The Hall–Kier alpha value is -0.610. The van der Waals surface area contributed by atoms with E-state index in [4.69, 9.17) is 4.98 Å². The Balaban J connectivity index is 2.93. The van der Waals surface area contributed by atoms with Crippen molar-refractivity contribution in [1.29, 1.82) is 0 Å². The van der Waals surface area contributed by atoms with Crippen LogP contribution >= 0.6 is 11.3 Å². The van der Waals surface area contributed by atoms with Crippen LogP contribution < -0.4 is 10.2 Å². The number of hydrogen-bond acceptors (Lipinski definition) is 4. The van der Waals surface area contributed by atoms with Gasteiger partial charge in [-0.05, 0) is 33.2 Å². The smallest absolute Gasteiger partial charge is 0.186 e. The fraction of sp³-hybridized carbons (Fsp3) is 0.800.